The normalized spacial score (nSPS) is 20.9. The molecule has 1 fully saturated rings. The summed E-state index contributed by atoms with van der Waals surface area (Å²) in [5, 5.41) is 0. The number of nitrogens with zero attached hydrogens (tertiary/aromatic N) is 1. The van der Waals surface area contributed by atoms with Gasteiger partial charge in [-0.25, -0.2) is 0 Å². The Labute approximate surface area is 173 Å². The zero-order valence-electron chi connectivity index (χ0n) is 17.3. The van der Waals surface area contributed by atoms with E-state index in [2.05, 4.69) is 60.4 Å². The van der Waals surface area contributed by atoms with Gasteiger partial charge >= 0.3 is 5.97 Å². The molecular formula is C24H31NO2S. The molecule has 1 heterocycles. The highest BCUT2D eigenvalue weighted by Crippen LogP contribution is 2.36. The molecule has 4 heteroatoms. The Balaban J connectivity index is 1.87. The predicted molar refractivity (Wildman–Crippen MR) is 117 cm³/mol. The Kier molecular flexibility index (Phi) is 6.84. The van der Waals surface area contributed by atoms with Crippen LogP contribution in [0.15, 0.2) is 60.7 Å². The van der Waals surface area contributed by atoms with E-state index in [1.54, 1.807) is 0 Å². The first-order valence-electron chi connectivity index (χ1n) is 10.0. The van der Waals surface area contributed by atoms with Gasteiger partial charge in [-0.3, -0.25) is 9.69 Å². The van der Waals surface area contributed by atoms with Crippen LogP contribution in [0.2, 0.25) is 0 Å². The third-order valence-corrected chi connectivity index (χ3v) is 6.35. The van der Waals surface area contributed by atoms with Crippen LogP contribution in [0.1, 0.15) is 44.9 Å². The lowest BCUT2D eigenvalue weighted by Crippen LogP contribution is -2.45. The summed E-state index contributed by atoms with van der Waals surface area (Å²) in [7, 11) is 0. The maximum absolute atomic E-state index is 12.9. The van der Waals surface area contributed by atoms with Crippen LogP contribution in [0.4, 0.5) is 0 Å². The standard InChI is InChI=1S/C24H31NO2S/c1-18(20-13-9-6-10-14-20)25(15-19-11-7-5-8-12-19)22-17-28-16-21(22)23(26)27-24(2,3)4/h5-14,18,21-22H,15-17H2,1-4H3/t18-,21-,22-/m0/s1. The largest absolute Gasteiger partial charge is 0.460 e. The van der Waals surface area contributed by atoms with Crippen LogP contribution in [0.3, 0.4) is 0 Å². The average Bonchev–Trinajstić information content (AvgIpc) is 3.15. The van der Waals surface area contributed by atoms with Crippen molar-refractivity contribution >= 4 is 17.7 Å². The Hall–Kier alpha value is -1.78. The van der Waals surface area contributed by atoms with Gasteiger partial charge in [-0.2, -0.15) is 11.8 Å². The van der Waals surface area contributed by atoms with Gasteiger partial charge in [0.1, 0.15) is 5.60 Å². The second-order valence-electron chi connectivity index (χ2n) is 8.49. The first-order chi connectivity index (χ1) is 13.3. The fourth-order valence-corrected chi connectivity index (χ4v) is 5.14. The van der Waals surface area contributed by atoms with Gasteiger partial charge in [-0.15, -0.1) is 0 Å². The average molecular weight is 398 g/mol. The SMILES string of the molecule is C[C@@H](c1ccccc1)N(Cc1ccccc1)[C@H]1CSC[C@@H]1C(=O)OC(C)(C)C. The molecule has 0 radical (unpaired) electrons. The van der Waals surface area contributed by atoms with Crippen molar-refractivity contribution in [2.75, 3.05) is 11.5 Å². The van der Waals surface area contributed by atoms with Gasteiger partial charge in [-0.1, -0.05) is 60.7 Å². The maximum Gasteiger partial charge on any atom is 0.311 e. The summed E-state index contributed by atoms with van der Waals surface area (Å²) >= 11 is 1.85. The van der Waals surface area contributed by atoms with E-state index in [1.165, 1.54) is 11.1 Å². The summed E-state index contributed by atoms with van der Waals surface area (Å²) in [4.78, 5) is 15.4. The van der Waals surface area contributed by atoms with Gasteiger partial charge in [0.2, 0.25) is 0 Å². The summed E-state index contributed by atoms with van der Waals surface area (Å²) in [6, 6.07) is 21.5. The number of rotatable bonds is 6. The van der Waals surface area contributed by atoms with Crippen LogP contribution in [-0.4, -0.2) is 34.0 Å². The van der Waals surface area contributed by atoms with Crippen molar-refractivity contribution in [3.63, 3.8) is 0 Å². The third kappa shape index (κ3) is 5.39. The molecule has 2 aromatic rings. The highest BCUT2D eigenvalue weighted by molar-refractivity contribution is 7.99. The summed E-state index contributed by atoms with van der Waals surface area (Å²) in [6.45, 7) is 8.89. The lowest BCUT2D eigenvalue weighted by molar-refractivity contribution is -0.161. The first kappa shape index (κ1) is 20.9. The number of hydrogen-bond acceptors (Lipinski definition) is 4. The summed E-state index contributed by atoms with van der Waals surface area (Å²) in [6.07, 6.45) is 0. The minimum Gasteiger partial charge on any atom is -0.460 e. The maximum atomic E-state index is 12.9. The number of carbonyl (C=O) groups excluding carboxylic acids is 1. The summed E-state index contributed by atoms with van der Waals surface area (Å²) in [5.41, 5.74) is 2.09. The van der Waals surface area contributed by atoms with E-state index in [4.69, 9.17) is 4.74 Å². The van der Waals surface area contributed by atoms with Crippen molar-refractivity contribution in [1.29, 1.82) is 0 Å². The topological polar surface area (TPSA) is 29.5 Å². The number of hydrogen-bond donors (Lipinski definition) is 0. The van der Waals surface area contributed by atoms with Crippen molar-refractivity contribution in [3.8, 4) is 0 Å². The molecule has 0 bridgehead atoms. The molecule has 28 heavy (non-hydrogen) atoms. The predicted octanol–water partition coefficient (Wildman–Crippen LogP) is 5.32. The fourth-order valence-electron chi connectivity index (χ4n) is 3.73. The number of esters is 1. The van der Waals surface area contributed by atoms with E-state index < -0.39 is 5.60 Å². The zero-order valence-corrected chi connectivity index (χ0v) is 18.1. The van der Waals surface area contributed by atoms with Crippen LogP contribution in [0, 0.1) is 5.92 Å². The van der Waals surface area contributed by atoms with Crippen molar-refractivity contribution in [2.24, 2.45) is 5.92 Å². The van der Waals surface area contributed by atoms with E-state index in [9.17, 15) is 4.79 Å². The highest BCUT2D eigenvalue weighted by atomic mass is 32.2. The number of ether oxygens (including phenoxy) is 1. The van der Waals surface area contributed by atoms with Crippen LogP contribution >= 0.6 is 11.8 Å². The Bertz CT molecular complexity index is 757. The van der Waals surface area contributed by atoms with E-state index >= 15 is 0 Å². The second-order valence-corrected chi connectivity index (χ2v) is 9.56. The van der Waals surface area contributed by atoms with Crippen molar-refractivity contribution < 1.29 is 9.53 Å². The third-order valence-electron chi connectivity index (χ3n) is 5.17. The number of benzene rings is 2. The Morgan fingerprint density at radius 1 is 1.07 bits per heavy atom. The van der Waals surface area contributed by atoms with Crippen LogP contribution < -0.4 is 0 Å². The molecule has 0 aromatic heterocycles. The lowest BCUT2D eigenvalue weighted by Gasteiger charge is -2.37. The molecule has 1 aliphatic heterocycles. The first-order valence-corrected chi connectivity index (χ1v) is 11.2. The van der Waals surface area contributed by atoms with Gasteiger partial charge in [-0.05, 0) is 38.8 Å². The molecule has 0 aliphatic carbocycles. The molecular weight excluding hydrogens is 366 g/mol. The van der Waals surface area contributed by atoms with Gasteiger partial charge in [0.15, 0.2) is 0 Å². The van der Waals surface area contributed by atoms with E-state index in [0.29, 0.717) is 0 Å². The molecule has 3 rings (SSSR count). The van der Waals surface area contributed by atoms with E-state index in [1.807, 2.05) is 44.7 Å². The molecule has 1 aliphatic rings. The van der Waals surface area contributed by atoms with Gasteiger partial charge in [0, 0.05) is 30.1 Å². The smallest absolute Gasteiger partial charge is 0.311 e. The summed E-state index contributed by atoms with van der Waals surface area (Å²) < 4.78 is 5.76. The Morgan fingerprint density at radius 3 is 2.29 bits per heavy atom. The monoisotopic (exact) mass is 397 g/mol. The molecule has 0 N–H and O–H groups in total. The fraction of sp³-hybridized carbons (Fsp3) is 0.458. The van der Waals surface area contributed by atoms with Crippen molar-refractivity contribution in [1.82, 2.24) is 4.90 Å². The van der Waals surface area contributed by atoms with Crippen LogP contribution in [-0.2, 0) is 16.1 Å². The molecule has 0 unspecified atom stereocenters. The van der Waals surface area contributed by atoms with Crippen LogP contribution in [0.25, 0.3) is 0 Å². The van der Waals surface area contributed by atoms with E-state index in [0.717, 1.165) is 18.1 Å². The highest BCUT2D eigenvalue weighted by Gasteiger charge is 2.41. The second kappa shape index (κ2) is 9.15. The minimum absolute atomic E-state index is 0.0687. The molecule has 0 spiro atoms. The molecule has 2 aromatic carbocycles. The number of carbonyl (C=O) groups is 1. The number of thioether (sulfide) groups is 1. The van der Waals surface area contributed by atoms with Crippen molar-refractivity contribution in [2.45, 2.75) is 51.9 Å². The summed E-state index contributed by atoms with van der Waals surface area (Å²) in [5.74, 6) is 1.61. The van der Waals surface area contributed by atoms with Gasteiger partial charge in [0.05, 0.1) is 5.92 Å². The van der Waals surface area contributed by atoms with Gasteiger partial charge in [0.25, 0.3) is 0 Å². The van der Waals surface area contributed by atoms with E-state index in [-0.39, 0.29) is 24.0 Å². The molecule has 1 saturated heterocycles. The van der Waals surface area contributed by atoms with Crippen LogP contribution in [0.5, 0.6) is 0 Å². The minimum atomic E-state index is -0.454. The lowest BCUT2D eigenvalue weighted by atomic mass is 9.96. The Morgan fingerprint density at radius 2 is 1.68 bits per heavy atom. The quantitative estimate of drug-likeness (QED) is 0.617. The van der Waals surface area contributed by atoms with Crippen molar-refractivity contribution in [3.05, 3.63) is 71.8 Å². The molecule has 3 nitrogen and oxygen atoms in total. The molecule has 3 atom stereocenters. The molecule has 0 saturated carbocycles. The van der Waals surface area contributed by atoms with Gasteiger partial charge < -0.3 is 4.74 Å². The zero-order chi connectivity index (χ0) is 20.1. The molecule has 0 amide bonds. The molecule has 150 valence electrons.